The molecule has 0 saturated carbocycles. The van der Waals surface area contributed by atoms with Crippen LogP contribution in [0.2, 0.25) is 0 Å². The fourth-order valence-electron chi connectivity index (χ4n) is 1.03. The van der Waals surface area contributed by atoms with E-state index in [2.05, 4.69) is 15.7 Å². The average molecular weight is 267 g/mol. The van der Waals surface area contributed by atoms with Crippen molar-refractivity contribution in [1.82, 2.24) is 10.7 Å². The van der Waals surface area contributed by atoms with Gasteiger partial charge in [-0.25, -0.2) is 19.4 Å². The minimum Gasteiger partial charge on any atom is -0.385 e. The van der Waals surface area contributed by atoms with Crippen LogP contribution < -0.4 is 21.7 Å². The van der Waals surface area contributed by atoms with Gasteiger partial charge in [-0.2, -0.15) is 0 Å². The van der Waals surface area contributed by atoms with E-state index in [1.807, 2.05) is 0 Å². The quantitative estimate of drug-likeness (QED) is 0.134. The van der Waals surface area contributed by atoms with Crippen LogP contribution in [0.4, 0.5) is 0 Å². The molecule has 102 valence electrons. The van der Waals surface area contributed by atoms with Crippen LogP contribution in [0.25, 0.3) is 0 Å². The number of nitrogens with zero attached hydrogens (tertiary/aromatic N) is 1. The minimum atomic E-state index is -3.41. The molecular formula is C8H21N5O3S. The van der Waals surface area contributed by atoms with E-state index in [4.69, 9.17) is 15.7 Å². The van der Waals surface area contributed by atoms with E-state index < -0.39 is 10.0 Å². The van der Waals surface area contributed by atoms with Crippen molar-refractivity contribution >= 4 is 16.0 Å². The number of hydrazine groups is 1. The molecule has 0 aliphatic heterocycles. The molecule has 0 amide bonds. The lowest BCUT2D eigenvalue weighted by molar-refractivity contribution is 0.195. The number of ether oxygens (including phenoxy) is 1. The molecule has 0 atom stereocenters. The van der Waals surface area contributed by atoms with Gasteiger partial charge in [0.2, 0.25) is 16.0 Å². The largest absolute Gasteiger partial charge is 0.385 e. The van der Waals surface area contributed by atoms with Gasteiger partial charge in [0, 0.05) is 26.8 Å². The van der Waals surface area contributed by atoms with Crippen molar-refractivity contribution in [2.24, 2.45) is 16.0 Å². The van der Waals surface area contributed by atoms with Crippen LogP contribution >= 0.6 is 0 Å². The molecule has 6 N–H and O–H groups in total. The first kappa shape index (κ1) is 16.1. The van der Waals surface area contributed by atoms with Gasteiger partial charge in [0.05, 0.1) is 5.75 Å². The lowest BCUT2D eigenvalue weighted by Gasteiger charge is -2.08. The van der Waals surface area contributed by atoms with Crippen molar-refractivity contribution in [3.05, 3.63) is 0 Å². The third kappa shape index (κ3) is 11.4. The summed E-state index contributed by atoms with van der Waals surface area (Å²) < 4.78 is 26.2. The Balaban J connectivity index is 3.77. The number of guanidine groups is 1. The number of nitrogens with one attached hydrogen (secondary N) is 2. The summed E-state index contributed by atoms with van der Waals surface area (Å²) in [6.07, 6.45) is 1.19. The summed E-state index contributed by atoms with van der Waals surface area (Å²) >= 11 is 0. The van der Waals surface area contributed by atoms with E-state index in [9.17, 15) is 8.42 Å². The maximum atomic E-state index is 10.6. The molecule has 0 aromatic heterocycles. The number of methoxy groups -OCH3 is 1. The summed E-state index contributed by atoms with van der Waals surface area (Å²) in [4.78, 5) is 4.05. The highest BCUT2D eigenvalue weighted by Crippen LogP contribution is 1.87. The fraction of sp³-hybridized carbons (Fsp3) is 0.875. The molecule has 0 fully saturated rings. The van der Waals surface area contributed by atoms with Crippen molar-refractivity contribution in [2.75, 3.05) is 32.6 Å². The molecule has 0 saturated heterocycles. The first-order valence-electron chi connectivity index (χ1n) is 5.24. The Labute approximate surface area is 102 Å². The standard InChI is InChI=1S/C8H21N5O3S/c1-16-6-2-4-11-8(13-9)12-5-3-7-17(10,14)15/h2-7,9H2,1H3,(H2,10,14,15)(H2,11,12,13). The highest BCUT2D eigenvalue weighted by molar-refractivity contribution is 7.89. The van der Waals surface area contributed by atoms with Crippen LogP contribution in [0.15, 0.2) is 4.99 Å². The van der Waals surface area contributed by atoms with Gasteiger partial charge in [-0.3, -0.25) is 10.4 Å². The zero-order valence-electron chi connectivity index (χ0n) is 9.98. The number of rotatable bonds is 8. The number of hydrogen-bond acceptors (Lipinski definition) is 5. The van der Waals surface area contributed by atoms with Crippen molar-refractivity contribution < 1.29 is 13.2 Å². The summed E-state index contributed by atoms with van der Waals surface area (Å²) in [5, 5.41) is 7.81. The summed E-state index contributed by atoms with van der Waals surface area (Å²) in [6.45, 7) is 1.66. The number of primary sulfonamides is 1. The Kier molecular flexibility index (Phi) is 8.68. The average Bonchev–Trinajstić information content (AvgIpc) is 2.25. The number of aliphatic imine (C=N–C) groups is 1. The van der Waals surface area contributed by atoms with Crippen molar-refractivity contribution in [3.8, 4) is 0 Å². The van der Waals surface area contributed by atoms with Crippen LogP contribution in [0.1, 0.15) is 12.8 Å². The lowest BCUT2D eigenvalue weighted by Crippen LogP contribution is -2.42. The molecule has 0 aliphatic carbocycles. The van der Waals surface area contributed by atoms with Gasteiger partial charge in [0.1, 0.15) is 0 Å². The van der Waals surface area contributed by atoms with E-state index in [1.54, 1.807) is 7.11 Å². The molecule has 0 rings (SSSR count). The zero-order chi connectivity index (χ0) is 13.1. The third-order valence-electron chi connectivity index (χ3n) is 1.81. The summed E-state index contributed by atoms with van der Waals surface area (Å²) in [5.74, 6) is 5.58. The SMILES string of the molecule is COCCCNC(=NCCCS(N)(=O)=O)NN. The molecule has 17 heavy (non-hydrogen) atoms. The predicted molar refractivity (Wildman–Crippen MR) is 66.7 cm³/mol. The summed E-state index contributed by atoms with van der Waals surface area (Å²) in [5.41, 5.74) is 2.39. The normalized spacial score (nSPS) is 12.5. The summed E-state index contributed by atoms with van der Waals surface area (Å²) in [7, 11) is -1.78. The van der Waals surface area contributed by atoms with Gasteiger partial charge in [-0.1, -0.05) is 0 Å². The monoisotopic (exact) mass is 267 g/mol. The molecule has 8 nitrogen and oxygen atoms in total. The van der Waals surface area contributed by atoms with E-state index in [-0.39, 0.29) is 5.75 Å². The highest BCUT2D eigenvalue weighted by Gasteiger charge is 2.01. The van der Waals surface area contributed by atoms with Gasteiger partial charge >= 0.3 is 0 Å². The van der Waals surface area contributed by atoms with Crippen molar-refractivity contribution in [1.29, 1.82) is 0 Å². The predicted octanol–water partition coefficient (Wildman–Crippen LogP) is -1.89. The van der Waals surface area contributed by atoms with Gasteiger partial charge in [-0.05, 0) is 12.8 Å². The Hall–Kier alpha value is -0.900. The third-order valence-corrected chi connectivity index (χ3v) is 2.67. The van der Waals surface area contributed by atoms with Crippen LogP contribution in [0.3, 0.4) is 0 Å². The van der Waals surface area contributed by atoms with Crippen molar-refractivity contribution in [2.45, 2.75) is 12.8 Å². The van der Waals surface area contributed by atoms with Gasteiger partial charge in [-0.15, -0.1) is 0 Å². The molecule has 0 spiro atoms. The molecular weight excluding hydrogens is 246 g/mol. The highest BCUT2D eigenvalue weighted by atomic mass is 32.2. The van der Waals surface area contributed by atoms with Crippen LogP contribution in [-0.2, 0) is 14.8 Å². The second-order valence-corrected chi connectivity index (χ2v) is 5.10. The second-order valence-electron chi connectivity index (χ2n) is 3.37. The maximum Gasteiger partial charge on any atom is 0.209 e. The maximum absolute atomic E-state index is 10.6. The molecule has 0 aliphatic rings. The Morgan fingerprint density at radius 1 is 1.41 bits per heavy atom. The lowest BCUT2D eigenvalue weighted by atomic mass is 10.4. The molecule has 0 bridgehead atoms. The van der Waals surface area contributed by atoms with Crippen LogP contribution in [0, 0.1) is 0 Å². The van der Waals surface area contributed by atoms with E-state index in [0.29, 0.717) is 32.1 Å². The molecule has 0 unspecified atom stereocenters. The van der Waals surface area contributed by atoms with E-state index in [0.717, 1.165) is 6.42 Å². The number of sulfonamides is 1. The fourth-order valence-corrected chi connectivity index (χ4v) is 1.56. The smallest absolute Gasteiger partial charge is 0.209 e. The molecule has 9 heteroatoms. The van der Waals surface area contributed by atoms with Gasteiger partial charge in [0.15, 0.2) is 0 Å². The topological polar surface area (TPSA) is 132 Å². The molecule has 0 aromatic rings. The second kappa shape index (κ2) is 9.16. The van der Waals surface area contributed by atoms with Gasteiger partial charge in [0.25, 0.3) is 0 Å². The van der Waals surface area contributed by atoms with Crippen LogP contribution in [0.5, 0.6) is 0 Å². The van der Waals surface area contributed by atoms with Crippen molar-refractivity contribution in [3.63, 3.8) is 0 Å². The first-order chi connectivity index (χ1) is 7.99. The minimum absolute atomic E-state index is 0.0853. The summed E-state index contributed by atoms with van der Waals surface area (Å²) in [6, 6.07) is 0. The first-order valence-corrected chi connectivity index (χ1v) is 6.95. The number of hydrogen-bond donors (Lipinski definition) is 4. The number of nitrogens with two attached hydrogens (primary N) is 2. The van der Waals surface area contributed by atoms with Gasteiger partial charge < -0.3 is 10.1 Å². The molecule has 0 radical (unpaired) electrons. The molecule has 0 aromatic carbocycles. The Morgan fingerprint density at radius 2 is 2.12 bits per heavy atom. The Morgan fingerprint density at radius 3 is 2.65 bits per heavy atom. The zero-order valence-corrected chi connectivity index (χ0v) is 10.8. The molecule has 0 heterocycles. The van der Waals surface area contributed by atoms with E-state index in [1.165, 1.54) is 0 Å². The van der Waals surface area contributed by atoms with Crippen LogP contribution in [-0.4, -0.2) is 46.9 Å². The Bertz CT molecular complexity index is 317. The van der Waals surface area contributed by atoms with E-state index >= 15 is 0 Å².